The fraction of sp³-hybridized carbons (Fsp3) is 0.583. The van der Waals surface area contributed by atoms with E-state index in [0.29, 0.717) is 12.1 Å². The Labute approximate surface area is 106 Å². The molecule has 1 aromatic rings. The van der Waals surface area contributed by atoms with Gasteiger partial charge < -0.3 is 10.1 Å². The number of methoxy groups -OCH3 is 1. The largest absolute Gasteiger partial charge is 0.469 e. The van der Waals surface area contributed by atoms with Gasteiger partial charge in [-0.15, -0.1) is 0 Å². The Kier molecular flexibility index (Phi) is 4.47. The monoisotopic (exact) mass is 253 g/mol. The first kappa shape index (κ1) is 14.2. The van der Waals surface area contributed by atoms with Gasteiger partial charge in [-0.25, -0.2) is 0 Å². The van der Waals surface area contributed by atoms with Gasteiger partial charge in [-0.1, -0.05) is 6.92 Å². The van der Waals surface area contributed by atoms with Gasteiger partial charge in [0, 0.05) is 11.2 Å². The molecule has 0 aromatic carbocycles. The van der Waals surface area contributed by atoms with Gasteiger partial charge in [0.1, 0.15) is 5.69 Å². The van der Waals surface area contributed by atoms with Crippen molar-refractivity contribution in [3.63, 3.8) is 0 Å². The highest BCUT2D eigenvalue weighted by Gasteiger charge is 2.29. The van der Waals surface area contributed by atoms with E-state index < -0.39 is 5.54 Å². The van der Waals surface area contributed by atoms with Crippen LogP contribution in [0.1, 0.15) is 42.9 Å². The molecule has 2 N–H and O–H groups in total. The lowest BCUT2D eigenvalue weighted by Gasteiger charge is -2.28. The van der Waals surface area contributed by atoms with E-state index in [-0.39, 0.29) is 18.3 Å². The summed E-state index contributed by atoms with van der Waals surface area (Å²) in [6.07, 6.45) is 0.756. The van der Waals surface area contributed by atoms with Crippen LogP contribution in [0.15, 0.2) is 6.07 Å². The molecule has 0 bridgehead atoms. The van der Waals surface area contributed by atoms with Crippen molar-refractivity contribution in [1.29, 1.82) is 0 Å². The number of nitrogens with zero attached hydrogens (tertiary/aromatic N) is 1. The molecule has 0 aliphatic carbocycles. The average Bonchev–Trinajstić information content (AvgIpc) is 2.75. The van der Waals surface area contributed by atoms with Crippen molar-refractivity contribution in [3.8, 4) is 0 Å². The first-order chi connectivity index (χ1) is 8.40. The minimum atomic E-state index is -0.628. The maximum atomic E-state index is 12.0. The van der Waals surface area contributed by atoms with Gasteiger partial charge in [0.2, 0.25) is 0 Å². The molecule has 0 saturated heterocycles. The lowest BCUT2D eigenvalue weighted by Crippen LogP contribution is -2.47. The van der Waals surface area contributed by atoms with Crippen molar-refractivity contribution in [2.45, 2.75) is 39.2 Å². The van der Waals surface area contributed by atoms with Crippen molar-refractivity contribution in [2.75, 3.05) is 7.11 Å². The van der Waals surface area contributed by atoms with Crippen molar-refractivity contribution >= 4 is 11.9 Å². The Balaban J connectivity index is 2.73. The summed E-state index contributed by atoms with van der Waals surface area (Å²) in [5.74, 6) is -0.648. The first-order valence-electron chi connectivity index (χ1n) is 5.81. The zero-order chi connectivity index (χ0) is 13.8. The Morgan fingerprint density at radius 1 is 1.56 bits per heavy atom. The highest BCUT2D eigenvalue weighted by Crippen LogP contribution is 2.16. The van der Waals surface area contributed by atoms with Crippen LogP contribution in [0.4, 0.5) is 0 Å². The van der Waals surface area contributed by atoms with E-state index in [2.05, 4.69) is 20.3 Å². The van der Waals surface area contributed by atoms with Crippen LogP contribution in [0.2, 0.25) is 0 Å². The van der Waals surface area contributed by atoms with E-state index in [1.165, 1.54) is 7.11 Å². The molecule has 0 spiro atoms. The van der Waals surface area contributed by atoms with Crippen LogP contribution in [0.3, 0.4) is 0 Å². The minimum Gasteiger partial charge on any atom is -0.469 e. The maximum absolute atomic E-state index is 12.0. The third kappa shape index (κ3) is 3.58. The average molecular weight is 253 g/mol. The van der Waals surface area contributed by atoms with E-state index in [1.807, 2.05) is 13.8 Å². The number of rotatable bonds is 5. The molecular weight excluding hydrogens is 234 g/mol. The second-order valence-electron chi connectivity index (χ2n) is 4.56. The summed E-state index contributed by atoms with van der Waals surface area (Å²) >= 11 is 0. The van der Waals surface area contributed by atoms with Gasteiger partial charge in [0.05, 0.1) is 13.5 Å². The molecule has 100 valence electrons. The summed E-state index contributed by atoms with van der Waals surface area (Å²) in [6.45, 7) is 5.53. The quantitative estimate of drug-likeness (QED) is 0.772. The number of ether oxygens (including phenoxy) is 1. The number of aromatic nitrogens is 2. The van der Waals surface area contributed by atoms with Crippen molar-refractivity contribution in [3.05, 3.63) is 17.5 Å². The molecule has 1 rings (SSSR count). The van der Waals surface area contributed by atoms with Gasteiger partial charge in [-0.05, 0) is 26.3 Å². The smallest absolute Gasteiger partial charge is 0.307 e. The Hall–Kier alpha value is -1.85. The Bertz CT molecular complexity index is 442. The third-order valence-corrected chi connectivity index (χ3v) is 2.90. The highest BCUT2D eigenvalue weighted by atomic mass is 16.5. The number of aromatic amines is 1. The van der Waals surface area contributed by atoms with Gasteiger partial charge in [-0.3, -0.25) is 14.7 Å². The number of nitrogens with one attached hydrogen (secondary N) is 2. The van der Waals surface area contributed by atoms with Gasteiger partial charge in [0.25, 0.3) is 5.91 Å². The molecule has 0 aliphatic rings. The van der Waals surface area contributed by atoms with Gasteiger partial charge in [-0.2, -0.15) is 5.10 Å². The fourth-order valence-electron chi connectivity index (χ4n) is 1.52. The van der Waals surface area contributed by atoms with Crippen LogP contribution >= 0.6 is 0 Å². The van der Waals surface area contributed by atoms with E-state index in [9.17, 15) is 9.59 Å². The SMILES string of the molecule is CC[C@](C)(CC(=O)OC)NC(=O)c1cc(C)[nH]n1. The topological polar surface area (TPSA) is 84.1 Å². The number of esters is 1. The standard InChI is InChI=1S/C12H19N3O3/c1-5-12(3,7-10(16)18-4)13-11(17)9-6-8(2)14-15-9/h6H,5,7H2,1-4H3,(H,13,17)(H,14,15)/t12-/m1/s1. The van der Waals surface area contributed by atoms with Crippen LogP contribution in [0, 0.1) is 6.92 Å². The second-order valence-corrected chi connectivity index (χ2v) is 4.56. The molecule has 6 nitrogen and oxygen atoms in total. The summed E-state index contributed by atoms with van der Waals surface area (Å²) in [4.78, 5) is 23.3. The molecule has 0 radical (unpaired) electrons. The molecule has 1 atom stereocenters. The van der Waals surface area contributed by atoms with Crippen molar-refractivity contribution < 1.29 is 14.3 Å². The third-order valence-electron chi connectivity index (χ3n) is 2.90. The Morgan fingerprint density at radius 2 is 2.22 bits per heavy atom. The predicted molar refractivity (Wildman–Crippen MR) is 66.1 cm³/mol. The van der Waals surface area contributed by atoms with Crippen LogP contribution in [-0.4, -0.2) is 34.7 Å². The van der Waals surface area contributed by atoms with Crippen molar-refractivity contribution in [2.24, 2.45) is 0 Å². The van der Waals surface area contributed by atoms with Crippen LogP contribution in [-0.2, 0) is 9.53 Å². The maximum Gasteiger partial charge on any atom is 0.307 e. The highest BCUT2D eigenvalue weighted by molar-refractivity contribution is 5.93. The summed E-state index contributed by atoms with van der Waals surface area (Å²) in [5.41, 5.74) is 0.500. The summed E-state index contributed by atoms with van der Waals surface area (Å²) in [6, 6.07) is 1.66. The van der Waals surface area contributed by atoms with Crippen LogP contribution in [0.5, 0.6) is 0 Å². The molecule has 1 aromatic heterocycles. The molecule has 1 heterocycles. The number of amides is 1. The zero-order valence-electron chi connectivity index (χ0n) is 11.2. The van der Waals surface area contributed by atoms with E-state index >= 15 is 0 Å². The summed E-state index contributed by atoms with van der Waals surface area (Å²) < 4.78 is 4.63. The first-order valence-corrected chi connectivity index (χ1v) is 5.81. The zero-order valence-corrected chi connectivity index (χ0v) is 11.2. The Morgan fingerprint density at radius 3 is 2.67 bits per heavy atom. The second kappa shape index (κ2) is 5.66. The summed E-state index contributed by atoms with van der Waals surface area (Å²) in [7, 11) is 1.33. The number of hydrogen-bond acceptors (Lipinski definition) is 4. The number of hydrogen-bond donors (Lipinski definition) is 2. The van der Waals surface area contributed by atoms with Crippen molar-refractivity contribution in [1.82, 2.24) is 15.5 Å². The number of aryl methyl sites for hydroxylation is 1. The van der Waals surface area contributed by atoms with Crippen LogP contribution in [0.25, 0.3) is 0 Å². The lowest BCUT2D eigenvalue weighted by molar-refractivity contribution is -0.142. The molecule has 1 amide bonds. The predicted octanol–water partition coefficient (Wildman–Crippen LogP) is 1.18. The summed E-state index contributed by atoms with van der Waals surface area (Å²) in [5, 5.41) is 9.40. The lowest BCUT2D eigenvalue weighted by atomic mass is 9.94. The fourth-order valence-corrected chi connectivity index (χ4v) is 1.52. The normalized spacial score (nSPS) is 13.8. The molecule has 6 heteroatoms. The van der Waals surface area contributed by atoms with E-state index in [1.54, 1.807) is 13.0 Å². The number of carbonyl (C=O) groups excluding carboxylic acids is 2. The number of carbonyl (C=O) groups is 2. The molecular formula is C12H19N3O3. The molecule has 0 fully saturated rings. The molecule has 0 saturated carbocycles. The van der Waals surface area contributed by atoms with Gasteiger partial charge in [0.15, 0.2) is 0 Å². The number of H-pyrrole nitrogens is 1. The van der Waals surface area contributed by atoms with E-state index in [0.717, 1.165) is 5.69 Å². The van der Waals surface area contributed by atoms with E-state index in [4.69, 9.17) is 0 Å². The molecule has 0 aliphatic heterocycles. The minimum absolute atomic E-state index is 0.134. The molecule has 18 heavy (non-hydrogen) atoms. The van der Waals surface area contributed by atoms with Crippen LogP contribution < -0.4 is 5.32 Å². The van der Waals surface area contributed by atoms with Gasteiger partial charge >= 0.3 is 5.97 Å². The molecule has 0 unspecified atom stereocenters.